The van der Waals surface area contributed by atoms with Gasteiger partial charge in [0.2, 0.25) is 5.91 Å². The van der Waals surface area contributed by atoms with Crippen LogP contribution in [0.3, 0.4) is 0 Å². The van der Waals surface area contributed by atoms with E-state index in [-0.39, 0.29) is 17.8 Å². The maximum absolute atomic E-state index is 13.1. The van der Waals surface area contributed by atoms with Crippen molar-refractivity contribution in [2.24, 2.45) is 5.73 Å². The van der Waals surface area contributed by atoms with Crippen LogP contribution in [-0.4, -0.2) is 54.5 Å². The molecule has 1 aliphatic heterocycles. The third-order valence-corrected chi connectivity index (χ3v) is 5.60. The Labute approximate surface area is 191 Å². The van der Waals surface area contributed by atoms with Gasteiger partial charge in [0.1, 0.15) is 11.6 Å². The van der Waals surface area contributed by atoms with E-state index >= 15 is 0 Å². The number of hydrogen-bond acceptors (Lipinski definition) is 4. The Morgan fingerprint density at radius 3 is 2.62 bits per heavy atom. The van der Waals surface area contributed by atoms with Crippen molar-refractivity contribution in [1.29, 1.82) is 0 Å². The van der Waals surface area contributed by atoms with Gasteiger partial charge in [-0.25, -0.2) is 9.18 Å². The summed E-state index contributed by atoms with van der Waals surface area (Å²) < 4.78 is 18.3. The van der Waals surface area contributed by atoms with E-state index in [1.54, 1.807) is 29.2 Å². The molecule has 32 heavy (non-hydrogen) atoms. The molecule has 0 radical (unpaired) electrons. The molecule has 1 fully saturated rings. The second kappa shape index (κ2) is 10.5. The minimum Gasteiger partial charge on any atom is -0.495 e. The molecule has 1 saturated heterocycles. The van der Waals surface area contributed by atoms with Gasteiger partial charge in [-0.1, -0.05) is 23.7 Å². The van der Waals surface area contributed by atoms with E-state index in [9.17, 15) is 14.0 Å². The molecule has 2 aromatic carbocycles. The maximum Gasteiger partial charge on any atom is 0.316 e. The first-order chi connectivity index (χ1) is 15.3. The second-order valence-electron chi connectivity index (χ2n) is 7.64. The number of hydrogen-bond donors (Lipinski definition) is 2. The zero-order chi connectivity index (χ0) is 23.3. The number of carbonyl (C=O) groups is 2. The van der Waals surface area contributed by atoms with E-state index in [2.05, 4.69) is 10.2 Å². The number of ether oxygens (including phenoxy) is 1. The first kappa shape index (κ1) is 23.6. The Bertz CT molecular complexity index is 1010. The minimum absolute atomic E-state index is 0.00400. The predicted molar refractivity (Wildman–Crippen MR) is 123 cm³/mol. The van der Waals surface area contributed by atoms with Gasteiger partial charge >= 0.3 is 6.03 Å². The van der Waals surface area contributed by atoms with E-state index in [1.807, 2.05) is 6.92 Å². The van der Waals surface area contributed by atoms with E-state index < -0.39 is 6.03 Å². The Balaban J connectivity index is 1.67. The summed E-state index contributed by atoms with van der Waals surface area (Å²) in [6, 6.07) is 8.87. The number of halogens is 2. The molecule has 0 bridgehead atoms. The topological polar surface area (TPSA) is 87.9 Å². The van der Waals surface area contributed by atoms with E-state index in [0.717, 1.165) is 5.56 Å². The third kappa shape index (κ3) is 5.99. The smallest absolute Gasteiger partial charge is 0.316 e. The highest BCUT2D eigenvalue weighted by atomic mass is 35.5. The fourth-order valence-corrected chi connectivity index (χ4v) is 3.95. The number of urea groups is 1. The van der Waals surface area contributed by atoms with Crippen molar-refractivity contribution in [3.63, 3.8) is 0 Å². The molecular formula is C23H26ClFN4O3. The SMILES string of the molecule is COc1cc(C=CC(=O)N2CCN(Cc3ccc(F)cc3)C[C@H]2C)c(NC(N)=O)cc1Cl. The second-order valence-corrected chi connectivity index (χ2v) is 8.05. The number of methoxy groups -OCH3 is 1. The number of benzene rings is 2. The van der Waals surface area contributed by atoms with Gasteiger partial charge in [0.25, 0.3) is 0 Å². The van der Waals surface area contributed by atoms with Crippen molar-refractivity contribution in [2.45, 2.75) is 19.5 Å². The van der Waals surface area contributed by atoms with Crippen molar-refractivity contribution in [3.05, 3.63) is 64.4 Å². The zero-order valence-electron chi connectivity index (χ0n) is 18.0. The zero-order valence-corrected chi connectivity index (χ0v) is 18.7. The lowest BCUT2D eigenvalue weighted by Gasteiger charge is -2.39. The number of rotatable bonds is 6. The molecule has 1 heterocycles. The highest BCUT2D eigenvalue weighted by Gasteiger charge is 2.26. The number of amides is 3. The van der Waals surface area contributed by atoms with E-state index in [4.69, 9.17) is 22.1 Å². The number of anilines is 1. The summed E-state index contributed by atoms with van der Waals surface area (Å²) in [5, 5.41) is 2.81. The van der Waals surface area contributed by atoms with Crippen LogP contribution in [0, 0.1) is 5.82 Å². The summed E-state index contributed by atoms with van der Waals surface area (Å²) in [5.41, 5.74) is 7.19. The van der Waals surface area contributed by atoms with Crippen LogP contribution in [0.25, 0.3) is 6.08 Å². The highest BCUT2D eigenvalue weighted by molar-refractivity contribution is 6.32. The van der Waals surface area contributed by atoms with Gasteiger partial charge in [-0.05, 0) is 42.8 Å². The van der Waals surface area contributed by atoms with Crippen LogP contribution in [0.15, 0.2) is 42.5 Å². The van der Waals surface area contributed by atoms with Crippen LogP contribution in [0.2, 0.25) is 5.02 Å². The first-order valence-corrected chi connectivity index (χ1v) is 10.5. The molecule has 0 spiro atoms. The number of primary amides is 1. The number of nitrogens with two attached hydrogens (primary N) is 1. The Hall–Kier alpha value is -3.10. The van der Waals surface area contributed by atoms with Gasteiger partial charge in [0, 0.05) is 43.9 Å². The number of piperazine rings is 1. The monoisotopic (exact) mass is 460 g/mol. The molecule has 0 saturated carbocycles. The average Bonchev–Trinajstić information content (AvgIpc) is 2.74. The van der Waals surface area contributed by atoms with Crippen molar-refractivity contribution >= 4 is 35.3 Å². The standard InChI is InChI=1S/C23H26ClFN4O3/c1-15-13-28(14-16-3-6-18(25)7-4-16)9-10-29(15)22(30)8-5-17-11-21(32-2)19(24)12-20(17)27-23(26)31/h3-8,11-12,15H,9-10,13-14H2,1-2H3,(H3,26,27,31)/t15-/m1/s1. The molecule has 3 rings (SSSR count). The summed E-state index contributed by atoms with van der Waals surface area (Å²) in [6.45, 7) is 4.69. The lowest BCUT2D eigenvalue weighted by atomic mass is 10.1. The normalized spacial score (nSPS) is 16.9. The van der Waals surface area contributed by atoms with Crippen LogP contribution < -0.4 is 15.8 Å². The Kier molecular flexibility index (Phi) is 7.71. The summed E-state index contributed by atoms with van der Waals surface area (Å²) in [6.07, 6.45) is 3.06. The molecule has 9 heteroatoms. The number of carbonyl (C=O) groups excluding carboxylic acids is 2. The first-order valence-electron chi connectivity index (χ1n) is 10.2. The molecule has 170 valence electrons. The quantitative estimate of drug-likeness (QED) is 0.643. The molecule has 1 aliphatic rings. The summed E-state index contributed by atoms with van der Waals surface area (Å²) >= 11 is 6.13. The molecular weight excluding hydrogens is 435 g/mol. The third-order valence-electron chi connectivity index (χ3n) is 5.30. The lowest BCUT2D eigenvalue weighted by molar-refractivity contribution is -0.130. The molecule has 3 amide bonds. The van der Waals surface area contributed by atoms with Crippen LogP contribution in [0.1, 0.15) is 18.1 Å². The number of nitrogens with one attached hydrogen (secondary N) is 1. The summed E-state index contributed by atoms with van der Waals surface area (Å²) in [5.74, 6) is 0.0197. The Morgan fingerprint density at radius 1 is 1.28 bits per heavy atom. The van der Waals surface area contributed by atoms with Crippen molar-refractivity contribution in [3.8, 4) is 5.75 Å². The molecule has 2 aromatic rings. The average molecular weight is 461 g/mol. The van der Waals surface area contributed by atoms with Crippen molar-refractivity contribution in [1.82, 2.24) is 9.80 Å². The predicted octanol–water partition coefficient (Wildman–Crippen LogP) is 3.72. The van der Waals surface area contributed by atoms with Crippen LogP contribution >= 0.6 is 11.6 Å². The molecule has 7 nitrogen and oxygen atoms in total. The number of nitrogens with zero attached hydrogens (tertiary/aromatic N) is 2. The highest BCUT2D eigenvalue weighted by Crippen LogP contribution is 2.32. The molecule has 0 aliphatic carbocycles. The molecule has 0 aromatic heterocycles. The van der Waals surface area contributed by atoms with E-state index in [1.165, 1.54) is 31.4 Å². The minimum atomic E-state index is -0.738. The Morgan fingerprint density at radius 2 is 2.00 bits per heavy atom. The van der Waals surface area contributed by atoms with Gasteiger partial charge in [-0.2, -0.15) is 0 Å². The molecule has 1 atom stereocenters. The fourth-order valence-electron chi connectivity index (χ4n) is 3.71. The van der Waals surface area contributed by atoms with Crippen LogP contribution in [0.4, 0.5) is 14.9 Å². The molecule has 0 unspecified atom stereocenters. The molecule has 3 N–H and O–H groups in total. The van der Waals surface area contributed by atoms with E-state index in [0.29, 0.717) is 48.2 Å². The van der Waals surface area contributed by atoms with Crippen LogP contribution in [0.5, 0.6) is 5.75 Å². The van der Waals surface area contributed by atoms with Gasteiger partial charge < -0.3 is 20.7 Å². The van der Waals surface area contributed by atoms with Crippen molar-refractivity contribution in [2.75, 3.05) is 32.1 Å². The van der Waals surface area contributed by atoms with Crippen molar-refractivity contribution < 1.29 is 18.7 Å². The summed E-state index contributed by atoms with van der Waals surface area (Å²) in [7, 11) is 1.48. The van der Waals surface area contributed by atoms with Gasteiger partial charge in [0.15, 0.2) is 0 Å². The summed E-state index contributed by atoms with van der Waals surface area (Å²) in [4.78, 5) is 28.2. The largest absolute Gasteiger partial charge is 0.495 e. The van der Waals surface area contributed by atoms with Gasteiger partial charge in [0.05, 0.1) is 17.8 Å². The fraction of sp³-hybridized carbons (Fsp3) is 0.304. The van der Waals surface area contributed by atoms with Gasteiger partial charge in [-0.3, -0.25) is 9.69 Å². The van der Waals surface area contributed by atoms with Gasteiger partial charge in [-0.15, -0.1) is 0 Å². The lowest BCUT2D eigenvalue weighted by Crippen LogP contribution is -2.53. The maximum atomic E-state index is 13.1. The van der Waals surface area contributed by atoms with Crippen LogP contribution in [-0.2, 0) is 11.3 Å².